The van der Waals surface area contributed by atoms with Gasteiger partial charge in [0.05, 0.1) is 38.7 Å². The van der Waals surface area contributed by atoms with Crippen molar-refractivity contribution in [1.82, 2.24) is 19.7 Å². The van der Waals surface area contributed by atoms with Gasteiger partial charge in [-0.25, -0.2) is 0 Å². The molecule has 0 aliphatic rings. The largest absolute Gasteiger partial charge is 0.331 e. The van der Waals surface area contributed by atoms with Gasteiger partial charge < -0.3 is 4.90 Å². The summed E-state index contributed by atoms with van der Waals surface area (Å²) in [6.07, 6.45) is 1.71. The minimum atomic E-state index is -0.0982. The Morgan fingerprint density at radius 1 is 1.07 bits per heavy atom. The van der Waals surface area contributed by atoms with Crippen molar-refractivity contribution < 1.29 is 4.79 Å². The number of carbonyl (C=O) groups excluding carboxylic acids is 1. The number of nitrogens with zero attached hydrogens (tertiary/aromatic N) is 4. The molecule has 0 aliphatic carbocycles. The predicted octanol–water partition coefficient (Wildman–Crippen LogP) is 5.08. The molecule has 3 rings (SSSR count). The summed E-state index contributed by atoms with van der Waals surface area (Å²) >= 11 is 18.3. The van der Waals surface area contributed by atoms with Gasteiger partial charge in [0.25, 0.3) is 0 Å². The van der Waals surface area contributed by atoms with Gasteiger partial charge in [0.2, 0.25) is 5.91 Å². The molecule has 0 saturated heterocycles. The second-order valence-electron chi connectivity index (χ2n) is 6.46. The molecule has 28 heavy (non-hydrogen) atoms. The summed E-state index contributed by atoms with van der Waals surface area (Å²) in [7, 11) is 0. The van der Waals surface area contributed by atoms with Crippen LogP contribution in [0, 0.1) is 13.8 Å². The molecular weight excluding hydrogens is 419 g/mol. The lowest BCUT2D eigenvalue weighted by molar-refractivity contribution is -0.133. The Balaban J connectivity index is 1.84. The Morgan fingerprint density at radius 3 is 2.46 bits per heavy atom. The zero-order chi connectivity index (χ0) is 20.3. The normalized spacial score (nSPS) is 10.9. The Bertz CT molecular complexity index is 989. The van der Waals surface area contributed by atoms with E-state index in [1.54, 1.807) is 27.9 Å². The van der Waals surface area contributed by atoms with E-state index in [2.05, 4.69) is 10.1 Å². The van der Waals surface area contributed by atoms with Gasteiger partial charge in [0.1, 0.15) is 6.54 Å². The second kappa shape index (κ2) is 8.95. The fourth-order valence-electron chi connectivity index (χ4n) is 2.83. The number of amides is 1. The summed E-state index contributed by atoms with van der Waals surface area (Å²) in [6, 6.07) is 11.0. The number of pyridine rings is 1. The first kappa shape index (κ1) is 20.6. The lowest BCUT2D eigenvalue weighted by Gasteiger charge is -2.23. The van der Waals surface area contributed by atoms with Gasteiger partial charge in [-0.2, -0.15) is 5.10 Å². The first-order chi connectivity index (χ1) is 13.3. The maximum atomic E-state index is 13.1. The van der Waals surface area contributed by atoms with Gasteiger partial charge in [0.15, 0.2) is 0 Å². The molecule has 0 saturated carbocycles. The van der Waals surface area contributed by atoms with Gasteiger partial charge in [-0.15, -0.1) is 0 Å². The highest BCUT2D eigenvalue weighted by atomic mass is 35.5. The van der Waals surface area contributed by atoms with Crippen molar-refractivity contribution in [3.05, 3.63) is 80.3 Å². The molecular formula is C20H19Cl3N4O. The Morgan fingerprint density at radius 2 is 1.86 bits per heavy atom. The number of hydrogen-bond donors (Lipinski definition) is 0. The lowest BCUT2D eigenvalue weighted by atomic mass is 10.2. The van der Waals surface area contributed by atoms with Crippen molar-refractivity contribution in [1.29, 1.82) is 0 Å². The number of halogens is 3. The van der Waals surface area contributed by atoms with Crippen LogP contribution >= 0.6 is 34.8 Å². The van der Waals surface area contributed by atoms with E-state index in [4.69, 9.17) is 34.8 Å². The summed E-state index contributed by atoms with van der Waals surface area (Å²) in [6.45, 7) is 4.50. The zero-order valence-corrected chi connectivity index (χ0v) is 17.8. The summed E-state index contributed by atoms with van der Waals surface area (Å²) in [5, 5.41) is 5.86. The van der Waals surface area contributed by atoms with Crippen LogP contribution in [0.1, 0.15) is 22.6 Å². The van der Waals surface area contributed by atoms with E-state index in [0.717, 1.165) is 17.0 Å². The van der Waals surface area contributed by atoms with Crippen molar-refractivity contribution in [2.45, 2.75) is 33.5 Å². The molecule has 0 N–H and O–H groups in total. The van der Waals surface area contributed by atoms with Gasteiger partial charge in [-0.1, -0.05) is 46.9 Å². The maximum absolute atomic E-state index is 13.1. The van der Waals surface area contributed by atoms with Crippen molar-refractivity contribution in [3.63, 3.8) is 0 Å². The van der Waals surface area contributed by atoms with E-state index in [1.807, 2.05) is 38.1 Å². The zero-order valence-electron chi connectivity index (χ0n) is 15.5. The highest BCUT2D eigenvalue weighted by molar-refractivity contribution is 6.42. The second-order valence-corrected chi connectivity index (χ2v) is 7.65. The molecule has 2 aromatic heterocycles. The van der Waals surface area contributed by atoms with E-state index in [-0.39, 0.29) is 12.5 Å². The molecule has 0 bridgehead atoms. The number of rotatable bonds is 6. The molecule has 8 heteroatoms. The molecule has 1 aromatic carbocycles. The van der Waals surface area contributed by atoms with Crippen molar-refractivity contribution in [3.8, 4) is 0 Å². The smallest absolute Gasteiger partial charge is 0.244 e. The van der Waals surface area contributed by atoms with Crippen LogP contribution in [-0.4, -0.2) is 25.6 Å². The Labute approximate surface area is 178 Å². The summed E-state index contributed by atoms with van der Waals surface area (Å²) in [5.74, 6) is -0.0982. The lowest BCUT2D eigenvalue weighted by Crippen LogP contribution is -2.33. The molecule has 3 aromatic rings. The average molecular weight is 438 g/mol. The molecule has 2 heterocycles. The van der Waals surface area contributed by atoms with E-state index < -0.39 is 0 Å². The predicted molar refractivity (Wildman–Crippen MR) is 112 cm³/mol. The number of aryl methyl sites for hydroxylation is 1. The minimum absolute atomic E-state index is 0.0908. The van der Waals surface area contributed by atoms with Crippen LogP contribution in [0.3, 0.4) is 0 Å². The van der Waals surface area contributed by atoms with Crippen LogP contribution in [0.5, 0.6) is 0 Å². The Kier molecular flexibility index (Phi) is 6.60. The third kappa shape index (κ3) is 4.85. The molecule has 0 aliphatic heterocycles. The van der Waals surface area contributed by atoms with Crippen molar-refractivity contribution in [2.24, 2.45) is 0 Å². The van der Waals surface area contributed by atoms with Crippen LogP contribution in [0.25, 0.3) is 0 Å². The van der Waals surface area contributed by atoms with E-state index in [1.165, 1.54) is 0 Å². The van der Waals surface area contributed by atoms with E-state index in [0.29, 0.717) is 33.9 Å². The number of hydrogen-bond acceptors (Lipinski definition) is 3. The molecule has 1 amide bonds. The van der Waals surface area contributed by atoms with Gasteiger partial charge in [-0.05, 0) is 43.7 Å². The molecule has 146 valence electrons. The van der Waals surface area contributed by atoms with E-state index in [9.17, 15) is 4.79 Å². The van der Waals surface area contributed by atoms with Gasteiger partial charge >= 0.3 is 0 Å². The molecule has 0 unspecified atom stereocenters. The molecule has 5 nitrogen and oxygen atoms in total. The molecule has 0 fully saturated rings. The van der Waals surface area contributed by atoms with Crippen LogP contribution in [0.2, 0.25) is 15.1 Å². The fourth-order valence-corrected chi connectivity index (χ4v) is 3.29. The monoisotopic (exact) mass is 436 g/mol. The first-order valence-corrected chi connectivity index (χ1v) is 9.79. The number of aromatic nitrogens is 3. The molecule has 0 radical (unpaired) electrons. The number of carbonyl (C=O) groups is 1. The van der Waals surface area contributed by atoms with Crippen LogP contribution in [0.4, 0.5) is 0 Å². The topological polar surface area (TPSA) is 51.0 Å². The third-order valence-corrected chi connectivity index (χ3v) is 5.65. The molecule has 0 atom stereocenters. The average Bonchev–Trinajstić information content (AvgIpc) is 2.91. The molecule has 0 spiro atoms. The minimum Gasteiger partial charge on any atom is -0.331 e. The fraction of sp³-hybridized carbons (Fsp3) is 0.250. The maximum Gasteiger partial charge on any atom is 0.244 e. The van der Waals surface area contributed by atoms with Gasteiger partial charge in [-0.3, -0.25) is 14.5 Å². The summed E-state index contributed by atoms with van der Waals surface area (Å²) < 4.78 is 1.63. The van der Waals surface area contributed by atoms with Crippen LogP contribution in [0.15, 0.2) is 42.6 Å². The summed E-state index contributed by atoms with van der Waals surface area (Å²) in [5.41, 5.74) is 3.14. The first-order valence-electron chi connectivity index (χ1n) is 8.66. The number of benzene rings is 1. The third-order valence-electron chi connectivity index (χ3n) is 4.37. The van der Waals surface area contributed by atoms with Crippen LogP contribution < -0.4 is 0 Å². The quantitative estimate of drug-likeness (QED) is 0.540. The summed E-state index contributed by atoms with van der Waals surface area (Å²) in [4.78, 5) is 19.1. The van der Waals surface area contributed by atoms with Gasteiger partial charge in [0, 0.05) is 12.7 Å². The highest BCUT2D eigenvalue weighted by Crippen LogP contribution is 2.24. The SMILES string of the molecule is Cc1nn(CC(=O)N(Cc2ccc(Cl)c(Cl)c2)Cc2ccccn2)c(C)c1Cl. The van der Waals surface area contributed by atoms with E-state index >= 15 is 0 Å². The highest BCUT2D eigenvalue weighted by Gasteiger charge is 2.19. The standard InChI is InChI=1S/C20H19Cl3N4O/c1-13-20(23)14(2)27(25-13)12-19(28)26(11-16-5-3-4-8-24-16)10-15-6-7-17(21)18(22)9-15/h3-9H,10-12H2,1-2H3. The van der Waals surface area contributed by atoms with Crippen molar-refractivity contribution >= 4 is 40.7 Å². The Hall–Kier alpha value is -2.08. The van der Waals surface area contributed by atoms with Crippen molar-refractivity contribution in [2.75, 3.05) is 0 Å². The van der Waals surface area contributed by atoms with Crippen LogP contribution in [-0.2, 0) is 24.4 Å².